The van der Waals surface area contributed by atoms with Crippen LogP contribution in [-0.2, 0) is 4.74 Å². The molecule has 0 saturated heterocycles. The van der Waals surface area contributed by atoms with E-state index in [2.05, 4.69) is 29.5 Å². The first-order valence-corrected chi connectivity index (χ1v) is 6.74. The zero-order valence-corrected chi connectivity index (χ0v) is 11.5. The van der Waals surface area contributed by atoms with Crippen molar-refractivity contribution in [1.29, 1.82) is 0 Å². The van der Waals surface area contributed by atoms with Crippen molar-refractivity contribution < 1.29 is 4.74 Å². The Morgan fingerprint density at radius 1 is 1.29 bits per heavy atom. The SMILES string of the molecule is CN=C(NCCOCCC(C)C)NCC1CC1. The maximum absolute atomic E-state index is 5.53. The molecule has 0 bridgehead atoms. The summed E-state index contributed by atoms with van der Waals surface area (Å²) >= 11 is 0. The van der Waals surface area contributed by atoms with Crippen LogP contribution in [0.2, 0.25) is 0 Å². The van der Waals surface area contributed by atoms with Crippen LogP contribution in [0, 0.1) is 11.8 Å². The minimum absolute atomic E-state index is 0.718. The van der Waals surface area contributed by atoms with E-state index in [4.69, 9.17) is 4.74 Å². The minimum atomic E-state index is 0.718. The number of nitrogens with zero attached hydrogens (tertiary/aromatic N) is 1. The molecule has 0 unspecified atom stereocenters. The summed E-state index contributed by atoms with van der Waals surface area (Å²) in [5.74, 6) is 2.48. The third-order valence-electron chi connectivity index (χ3n) is 2.86. The molecular weight excluding hydrogens is 214 g/mol. The Labute approximate surface area is 105 Å². The molecule has 1 aliphatic rings. The zero-order chi connectivity index (χ0) is 12.5. The number of nitrogens with one attached hydrogen (secondary N) is 2. The van der Waals surface area contributed by atoms with E-state index < -0.39 is 0 Å². The smallest absolute Gasteiger partial charge is 0.191 e. The first kappa shape index (κ1) is 14.3. The Hall–Kier alpha value is -0.770. The molecule has 0 atom stereocenters. The molecule has 0 heterocycles. The summed E-state index contributed by atoms with van der Waals surface area (Å²) in [6.45, 7) is 7.90. The Morgan fingerprint density at radius 2 is 2.06 bits per heavy atom. The van der Waals surface area contributed by atoms with E-state index in [0.29, 0.717) is 0 Å². The molecule has 1 rings (SSSR count). The molecule has 0 aromatic heterocycles. The lowest BCUT2D eigenvalue weighted by Gasteiger charge is -2.12. The van der Waals surface area contributed by atoms with Gasteiger partial charge < -0.3 is 15.4 Å². The van der Waals surface area contributed by atoms with E-state index in [9.17, 15) is 0 Å². The highest BCUT2D eigenvalue weighted by Gasteiger charge is 2.20. The molecule has 100 valence electrons. The van der Waals surface area contributed by atoms with Gasteiger partial charge in [-0.05, 0) is 31.1 Å². The van der Waals surface area contributed by atoms with E-state index in [0.717, 1.165) is 50.5 Å². The summed E-state index contributed by atoms with van der Waals surface area (Å²) in [5.41, 5.74) is 0. The van der Waals surface area contributed by atoms with Gasteiger partial charge in [-0.2, -0.15) is 0 Å². The molecule has 1 aliphatic carbocycles. The Morgan fingerprint density at radius 3 is 2.65 bits per heavy atom. The minimum Gasteiger partial charge on any atom is -0.380 e. The molecule has 0 radical (unpaired) electrons. The molecule has 1 saturated carbocycles. The first-order chi connectivity index (χ1) is 8.22. The molecule has 0 aromatic rings. The summed E-state index contributed by atoms with van der Waals surface area (Å²) < 4.78 is 5.53. The van der Waals surface area contributed by atoms with E-state index in [1.54, 1.807) is 0 Å². The van der Waals surface area contributed by atoms with Crippen molar-refractivity contribution >= 4 is 5.96 Å². The Balaban J connectivity index is 1.91. The quantitative estimate of drug-likeness (QED) is 0.386. The highest BCUT2D eigenvalue weighted by molar-refractivity contribution is 5.79. The summed E-state index contributed by atoms with van der Waals surface area (Å²) in [7, 11) is 1.81. The number of guanidine groups is 1. The van der Waals surface area contributed by atoms with Crippen LogP contribution in [-0.4, -0.2) is 39.3 Å². The van der Waals surface area contributed by atoms with Gasteiger partial charge in [0.15, 0.2) is 5.96 Å². The van der Waals surface area contributed by atoms with Crippen molar-refractivity contribution in [3.8, 4) is 0 Å². The fourth-order valence-electron chi connectivity index (χ4n) is 1.45. The second-order valence-electron chi connectivity index (χ2n) is 5.12. The van der Waals surface area contributed by atoms with Crippen LogP contribution in [0.1, 0.15) is 33.1 Å². The zero-order valence-electron chi connectivity index (χ0n) is 11.5. The van der Waals surface area contributed by atoms with Gasteiger partial charge in [0.25, 0.3) is 0 Å². The summed E-state index contributed by atoms with van der Waals surface area (Å²) in [6, 6.07) is 0. The highest BCUT2D eigenvalue weighted by Crippen LogP contribution is 2.27. The molecule has 0 amide bonds. The van der Waals surface area contributed by atoms with Crippen LogP contribution in [0.15, 0.2) is 4.99 Å². The number of aliphatic imine (C=N–C) groups is 1. The second kappa shape index (κ2) is 8.34. The van der Waals surface area contributed by atoms with Gasteiger partial charge >= 0.3 is 0 Å². The van der Waals surface area contributed by atoms with Crippen LogP contribution in [0.3, 0.4) is 0 Å². The van der Waals surface area contributed by atoms with Gasteiger partial charge in [-0.3, -0.25) is 4.99 Å². The van der Waals surface area contributed by atoms with Gasteiger partial charge in [0.05, 0.1) is 6.61 Å². The van der Waals surface area contributed by atoms with E-state index in [1.165, 1.54) is 12.8 Å². The number of ether oxygens (including phenoxy) is 1. The van der Waals surface area contributed by atoms with E-state index in [1.807, 2.05) is 7.05 Å². The van der Waals surface area contributed by atoms with Crippen LogP contribution in [0.4, 0.5) is 0 Å². The fraction of sp³-hybridized carbons (Fsp3) is 0.923. The average Bonchev–Trinajstić information content (AvgIpc) is 3.10. The summed E-state index contributed by atoms with van der Waals surface area (Å²) in [6.07, 6.45) is 3.86. The highest BCUT2D eigenvalue weighted by atomic mass is 16.5. The van der Waals surface area contributed by atoms with Crippen molar-refractivity contribution in [2.24, 2.45) is 16.8 Å². The largest absolute Gasteiger partial charge is 0.380 e. The standard InChI is InChI=1S/C13H27N3O/c1-11(2)6-8-17-9-7-15-13(14-3)16-10-12-4-5-12/h11-12H,4-10H2,1-3H3,(H2,14,15,16). The average molecular weight is 241 g/mol. The van der Waals surface area contributed by atoms with Crippen molar-refractivity contribution in [2.45, 2.75) is 33.1 Å². The van der Waals surface area contributed by atoms with Crippen molar-refractivity contribution in [1.82, 2.24) is 10.6 Å². The van der Waals surface area contributed by atoms with Crippen LogP contribution in [0.5, 0.6) is 0 Å². The molecule has 0 spiro atoms. The van der Waals surface area contributed by atoms with Gasteiger partial charge in [-0.25, -0.2) is 0 Å². The Bertz CT molecular complexity index is 225. The molecular formula is C13H27N3O. The van der Waals surface area contributed by atoms with Crippen LogP contribution < -0.4 is 10.6 Å². The summed E-state index contributed by atoms with van der Waals surface area (Å²) in [5, 5.41) is 6.58. The monoisotopic (exact) mass is 241 g/mol. The number of hydrogen-bond acceptors (Lipinski definition) is 2. The van der Waals surface area contributed by atoms with Crippen LogP contribution >= 0.6 is 0 Å². The van der Waals surface area contributed by atoms with Gasteiger partial charge in [-0.1, -0.05) is 13.8 Å². The van der Waals surface area contributed by atoms with Crippen LogP contribution in [0.25, 0.3) is 0 Å². The van der Waals surface area contributed by atoms with Gasteiger partial charge in [-0.15, -0.1) is 0 Å². The molecule has 4 heteroatoms. The maximum Gasteiger partial charge on any atom is 0.191 e. The maximum atomic E-state index is 5.53. The molecule has 4 nitrogen and oxygen atoms in total. The molecule has 0 aromatic carbocycles. The van der Waals surface area contributed by atoms with Crippen molar-refractivity contribution in [3.05, 3.63) is 0 Å². The van der Waals surface area contributed by atoms with Gasteiger partial charge in [0, 0.05) is 26.7 Å². The lowest BCUT2D eigenvalue weighted by Crippen LogP contribution is -2.39. The summed E-state index contributed by atoms with van der Waals surface area (Å²) in [4.78, 5) is 4.17. The normalized spacial score (nSPS) is 16.4. The number of rotatable bonds is 8. The topological polar surface area (TPSA) is 45.7 Å². The molecule has 1 fully saturated rings. The second-order valence-corrected chi connectivity index (χ2v) is 5.12. The predicted octanol–water partition coefficient (Wildman–Crippen LogP) is 1.62. The molecule has 0 aliphatic heterocycles. The lowest BCUT2D eigenvalue weighted by atomic mass is 10.1. The Kier molecular flexibility index (Phi) is 7.01. The third-order valence-corrected chi connectivity index (χ3v) is 2.86. The van der Waals surface area contributed by atoms with Gasteiger partial charge in [0.2, 0.25) is 0 Å². The third kappa shape index (κ3) is 8.02. The van der Waals surface area contributed by atoms with Gasteiger partial charge in [0.1, 0.15) is 0 Å². The lowest BCUT2D eigenvalue weighted by molar-refractivity contribution is 0.128. The van der Waals surface area contributed by atoms with Crippen molar-refractivity contribution in [3.63, 3.8) is 0 Å². The van der Waals surface area contributed by atoms with E-state index in [-0.39, 0.29) is 0 Å². The molecule has 17 heavy (non-hydrogen) atoms. The predicted molar refractivity (Wildman–Crippen MR) is 72.4 cm³/mol. The van der Waals surface area contributed by atoms with Crippen molar-refractivity contribution in [2.75, 3.05) is 33.4 Å². The van der Waals surface area contributed by atoms with E-state index >= 15 is 0 Å². The first-order valence-electron chi connectivity index (χ1n) is 6.74. The fourth-order valence-corrected chi connectivity index (χ4v) is 1.45. The molecule has 2 N–H and O–H groups in total. The number of hydrogen-bond donors (Lipinski definition) is 2.